The zero-order valence-corrected chi connectivity index (χ0v) is 20.7. The lowest BCUT2D eigenvalue weighted by atomic mass is 9.78. The summed E-state index contributed by atoms with van der Waals surface area (Å²) in [6.45, 7) is 9.79. The number of methoxy groups -OCH3 is 1. The molecule has 0 saturated heterocycles. The first-order valence-corrected chi connectivity index (χ1v) is 11.9. The van der Waals surface area contributed by atoms with Crippen molar-refractivity contribution >= 4 is 28.9 Å². The van der Waals surface area contributed by atoms with Gasteiger partial charge in [0.1, 0.15) is 17.3 Å². The fourth-order valence-electron chi connectivity index (χ4n) is 4.51. The Morgan fingerprint density at radius 3 is 2.53 bits per heavy atom. The third-order valence-corrected chi connectivity index (χ3v) is 6.55. The number of anilines is 1. The number of rotatable bonds is 7. The SMILES string of the molecule is [C-]#[N+]C1C(CCc2ccccc2)=NC(C)=C(C(=O)Nc2ccccc2OC)C1c1ccc(F)cc1Cl. The van der Waals surface area contributed by atoms with E-state index in [9.17, 15) is 9.18 Å². The van der Waals surface area contributed by atoms with Crippen LogP contribution in [0.4, 0.5) is 10.1 Å². The van der Waals surface area contributed by atoms with E-state index in [1.807, 2.05) is 30.3 Å². The third-order valence-electron chi connectivity index (χ3n) is 6.22. The average molecular weight is 502 g/mol. The van der Waals surface area contributed by atoms with Crippen molar-refractivity contribution in [2.24, 2.45) is 4.99 Å². The molecule has 1 heterocycles. The van der Waals surface area contributed by atoms with E-state index in [4.69, 9.17) is 27.9 Å². The minimum Gasteiger partial charge on any atom is -0.495 e. The van der Waals surface area contributed by atoms with Gasteiger partial charge in [-0.2, -0.15) is 0 Å². The second-order valence-corrected chi connectivity index (χ2v) is 8.87. The highest BCUT2D eigenvalue weighted by atomic mass is 35.5. The van der Waals surface area contributed by atoms with E-state index in [0.717, 1.165) is 5.56 Å². The molecule has 0 fully saturated rings. The maximum Gasteiger partial charge on any atom is 0.272 e. The van der Waals surface area contributed by atoms with Crippen molar-refractivity contribution in [3.05, 3.63) is 117 Å². The molecule has 3 aromatic carbocycles. The van der Waals surface area contributed by atoms with Crippen molar-refractivity contribution in [2.45, 2.75) is 31.7 Å². The number of hydrogen-bond acceptors (Lipinski definition) is 3. The fraction of sp³-hybridized carbons (Fsp3) is 0.207. The molecule has 0 aliphatic carbocycles. The van der Waals surface area contributed by atoms with Crippen LogP contribution in [-0.2, 0) is 11.2 Å². The first kappa shape index (κ1) is 25.2. The number of nitrogens with zero attached hydrogens (tertiary/aromatic N) is 2. The van der Waals surface area contributed by atoms with E-state index in [1.165, 1.54) is 19.2 Å². The largest absolute Gasteiger partial charge is 0.495 e. The summed E-state index contributed by atoms with van der Waals surface area (Å²) in [7, 11) is 1.52. The Bertz CT molecular complexity index is 1380. The summed E-state index contributed by atoms with van der Waals surface area (Å²) in [4.78, 5) is 22.3. The molecule has 36 heavy (non-hydrogen) atoms. The smallest absolute Gasteiger partial charge is 0.272 e. The Morgan fingerprint density at radius 1 is 1.11 bits per heavy atom. The van der Waals surface area contributed by atoms with Crippen molar-refractivity contribution in [1.82, 2.24) is 0 Å². The molecule has 0 aromatic heterocycles. The van der Waals surface area contributed by atoms with Crippen LogP contribution >= 0.6 is 11.6 Å². The van der Waals surface area contributed by atoms with Crippen LogP contribution < -0.4 is 10.1 Å². The molecule has 0 spiro atoms. The Kier molecular flexibility index (Phi) is 7.82. The number of carbonyl (C=O) groups excluding carboxylic acids is 1. The molecule has 5 nitrogen and oxygen atoms in total. The summed E-state index contributed by atoms with van der Waals surface area (Å²) >= 11 is 6.47. The van der Waals surface area contributed by atoms with Crippen LogP contribution in [0.3, 0.4) is 0 Å². The third kappa shape index (κ3) is 5.32. The zero-order chi connectivity index (χ0) is 25.7. The molecule has 1 aliphatic rings. The number of nitrogens with one attached hydrogen (secondary N) is 1. The molecule has 0 saturated carbocycles. The Morgan fingerprint density at radius 2 is 1.83 bits per heavy atom. The van der Waals surface area contributed by atoms with Gasteiger partial charge in [-0.25, -0.2) is 11.0 Å². The molecule has 3 aromatic rings. The number of aliphatic imine (C=N–C) groups is 1. The van der Waals surface area contributed by atoms with Crippen LogP contribution in [0, 0.1) is 12.4 Å². The van der Waals surface area contributed by atoms with Gasteiger partial charge in [0.15, 0.2) is 0 Å². The number of para-hydroxylation sites is 2. The molecular weight excluding hydrogens is 477 g/mol. The van der Waals surface area contributed by atoms with Crippen LogP contribution in [0.5, 0.6) is 5.75 Å². The molecule has 4 rings (SSSR count). The maximum absolute atomic E-state index is 13.9. The Balaban J connectivity index is 1.77. The predicted octanol–water partition coefficient (Wildman–Crippen LogP) is 6.86. The minimum atomic E-state index is -0.765. The van der Waals surface area contributed by atoms with Gasteiger partial charge in [0, 0.05) is 10.7 Å². The quantitative estimate of drug-likeness (QED) is 0.359. The molecule has 1 aliphatic heterocycles. The molecule has 182 valence electrons. The molecule has 0 radical (unpaired) electrons. The van der Waals surface area contributed by atoms with Crippen molar-refractivity contribution in [1.29, 1.82) is 0 Å². The molecule has 2 atom stereocenters. The summed E-state index contributed by atoms with van der Waals surface area (Å²) in [5.74, 6) is -1.11. The summed E-state index contributed by atoms with van der Waals surface area (Å²) < 4.78 is 19.3. The van der Waals surface area contributed by atoms with Crippen LogP contribution in [0.2, 0.25) is 5.02 Å². The summed E-state index contributed by atoms with van der Waals surface area (Å²) in [5.41, 5.74) is 3.62. The predicted molar refractivity (Wildman–Crippen MR) is 141 cm³/mol. The number of allylic oxidation sites excluding steroid dienone is 1. The second-order valence-electron chi connectivity index (χ2n) is 8.46. The Hall–Kier alpha value is -3.95. The van der Waals surface area contributed by atoms with Crippen LogP contribution in [0.15, 0.2) is 89.1 Å². The van der Waals surface area contributed by atoms with E-state index in [2.05, 4.69) is 10.2 Å². The van der Waals surface area contributed by atoms with Gasteiger partial charge in [-0.05, 0) is 55.2 Å². The maximum atomic E-state index is 13.9. The first-order valence-electron chi connectivity index (χ1n) is 11.5. The van der Waals surface area contributed by atoms with E-state index in [-0.39, 0.29) is 5.02 Å². The number of halogens is 2. The normalized spacial score (nSPS) is 17.2. The topological polar surface area (TPSA) is 55.0 Å². The lowest BCUT2D eigenvalue weighted by Crippen LogP contribution is -2.35. The summed E-state index contributed by atoms with van der Waals surface area (Å²) in [6.07, 6.45) is 1.25. The van der Waals surface area contributed by atoms with Gasteiger partial charge in [0.25, 0.3) is 11.9 Å². The van der Waals surface area contributed by atoms with Gasteiger partial charge in [-0.15, -0.1) is 0 Å². The van der Waals surface area contributed by atoms with Crippen molar-refractivity contribution in [3.8, 4) is 5.75 Å². The van der Waals surface area contributed by atoms with Crippen LogP contribution in [0.25, 0.3) is 4.85 Å². The van der Waals surface area contributed by atoms with E-state index < -0.39 is 23.7 Å². The average Bonchev–Trinajstić information content (AvgIpc) is 2.88. The van der Waals surface area contributed by atoms with Crippen LogP contribution in [0.1, 0.15) is 30.4 Å². The lowest BCUT2D eigenvalue weighted by Gasteiger charge is -2.28. The van der Waals surface area contributed by atoms with Gasteiger partial charge in [0.2, 0.25) is 0 Å². The van der Waals surface area contributed by atoms with Gasteiger partial charge in [-0.1, -0.05) is 60.1 Å². The first-order chi connectivity index (χ1) is 17.4. The molecule has 1 N–H and O–H groups in total. The highest BCUT2D eigenvalue weighted by molar-refractivity contribution is 6.31. The monoisotopic (exact) mass is 501 g/mol. The standard InChI is InChI=1S/C29H25ClFN3O2/c1-18-26(29(35)34-23-11-7-8-12-25(23)36-3)27(21-15-14-20(31)17-22(21)30)28(32-2)24(33-18)16-13-19-9-5-4-6-10-19/h4-12,14-15,17,27-28H,13,16H2,1,3H3,(H,34,35). The number of aryl methyl sites for hydroxylation is 1. The lowest BCUT2D eigenvalue weighted by molar-refractivity contribution is -0.113. The minimum absolute atomic E-state index is 0.161. The number of amides is 1. The van der Waals surface area contributed by atoms with Gasteiger partial charge < -0.3 is 14.9 Å². The molecular formula is C29H25ClFN3O2. The highest BCUT2D eigenvalue weighted by Crippen LogP contribution is 2.41. The molecule has 7 heteroatoms. The van der Waals surface area contributed by atoms with Crippen molar-refractivity contribution in [2.75, 3.05) is 12.4 Å². The number of benzene rings is 3. The fourth-order valence-corrected chi connectivity index (χ4v) is 4.79. The van der Waals surface area contributed by atoms with Gasteiger partial charge in [-0.3, -0.25) is 9.79 Å². The Labute approximate surface area is 215 Å². The number of carbonyl (C=O) groups is 1. The van der Waals surface area contributed by atoms with Crippen molar-refractivity contribution < 1.29 is 13.9 Å². The zero-order valence-electron chi connectivity index (χ0n) is 20.0. The van der Waals surface area contributed by atoms with Crippen molar-refractivity contribution in [3.63, 3.8) is 0 Å². The number of ether oxygens (including phenoxy) is 1. The summed E-state index contributed by atoms with van der Waals surface area (Å²) in [5, 5.41) is 3.06. The van der Waals surface area contributed by atoms with Gasteiger partial charge in [0.05, 0.1) is 24.3 Å². The van der Waals surface area contributed by atoms with Gasteiger partial charge >= 0.3 is 0 Å². The molecule has 0 bridgehead atoms. The molecule has 2 unspecified atom stereocenters. The summed E-state index contributed by atoms with van der Waals surface area (Å²) in [6, 6.07) is 20.3. The second kappa shape index (κ2) is 11.2. The molecule has 1 amide bonds. The van der Waals surface area contributed by atoms with E-state index >= 15 is 0 Å². The highest BCUT2D eigenvalue weighted by Gasteiger charge is 2.43. The van der Waals surface area contributed by atoms with E-state index in [0.29, 0.717) is 46.8 Å². The van der Waals surface area contributed by atoms with Crippen LogP contribution in [-0.4, -0.2) is 24.8 Å². The van der Waals surface area contributed by atoms with E-state index in [1.54, 1.807) is 37.3 Å². The number of hydrogen-bond donors (Lipinski definition) is 1.